The topological polar surface area (TPSA) is 90.3 Å². The van der Waals surface area contributed by atoms with Crippen LogP contribution in [0.2, 0.25) is 0 Å². The van der Waals surface area contributed by atoms with Crippen molar-refractivity contribution in [2.75, 3.05) is 0 Å². The highest BCUT2D eigenvalue weighted by atomic mass is 16.5. The first kappa shape index (κ1) is 21.2. The number of ether oxygens (including phenoxy) is 1. The van der Waals surface area contributed by atoms with E-state index in [0.717, 1.165) is 11.1 Å². The lowest BCUT2D eigenvalue weighted by molar-refractivity contribution is -0.154. The molecular weight excluding hydrogens is 382 g/mol. The minimum absolute atomic E-state index is 0.0220. The van der Waals surface area contributed by atoms with Crippen LogP contribution >= 0.6 is 0 Å². The van der Waals surface area contributed by atoms with Crippen LogP contribution in [0.3, 0.4) is 0 Å². The molecule has 1 heterocycles. The molecule has 0 radical (unpaired) electrons. The molecule has 0 saturated heterocycles. The van der Waals surface area contributed by atoms with E-state index in [-0.39, 0.29) is 24.3 Å². The Morgan fingerprint density at radius 2 is 1.83 bits per heavy atom. The molecular formula is C23H25N3O4. The van der Waals surface area contributed by atoms with Crippen molar-refractivity contribution in [2.24, 2.45) is 7.05 Å². The van der Waals surface area contributed by atoms with Gasteiger partial charge in [0.1, 0.15) is 5.82 Å². The Morgan fingerprint density at radius 1 is 1.13 bits per heavy atom. The lowest BCUT2D eigenvalue weighted by atomic mass is 10.1. The number of hydrogen-bond donors (Lipinski definition) is 1. The van der Waals surface area contributed by atoms with E-state index >= 15 is 0 Å². The number of aryl methyl sites for hydroxylation is 2. The first-order chi connectivity index (χ1) is 14.3. The van der Waals surface area contributed by atoms with Gasteiger partial charge in [0, 0.05) is 20.0 Å². The first-order valence-electron chi connectivity index (χ1n) is 9.82. The zero-order valence-electron chi connectivity index (χ0n) is 17.3. The SMILES string of the molecule is Cc1ccc(CNC(=O)[C@H](C)OC(=O)CCc2nc3ccccc3c(=O)n2C)cc1. The van der Waals surface area contributed by atoms with Crippen LogP contribution in [0.1, 0.15) is 30.3 Å². The van der Waals surface area contributed by atoms with Gasteiger partial charge in [-0.25, -0.2) is 4.98 Å². The molecule has 0 saturated carbocycles. The third kappa shape index (κ3) is 5.11. The number of aromatic nitrogens is 2. The van der Waals surface area contributed by atoms with Gasteiger partial charge in [0.2, 0.25) is 0 Å². The van der Waals surface area contributed by atoms with Crippen molar-refractivity contribution in [3.8, 4) is 0 Å². The second-order valence-electron chi connectivity index (χ2n) is 7.24. The molecule has 2 aromatic carbocycles. The highest BCUT2D eigenvalue weighted by Gasteiger charge is 2.18. The Bertz CT molecular complexity index is 1120. The van der Waals surface area contributed by atoms with E-state index in [1.54, 1.807) is 25.2 Å². The molecule has 3 rings (SSSR count). The lowest BCUT2D eigenvalue weighted by Crippen LogP contribution is -2.35. The summed E-state index contributed by atoms with van der Waals surface area (Å²) in [6, 6.07) is 14.9. The molecule has 0 unspecified atom stereocenters. The van der Waals surface area contributed by atoms with Crippen molar-refractivity contribution in [2.45, 2.75) is 39.3 Å². The number of fused-ring (bicyclic) bond motifs is 1. The van der Waals surface area contributed by atoms with Gasteiger partial charge in [-0.15, -0.1) is 0 Å². The third-order valence-corrected chi connectivity index (χ3v) is 4.89. The summed E-state index contributed by atoms with van der Waals surface area (Å²) in [5, 5.41) is 3.29. The van der Waals surface area contributed by atoms with E-state index in [0.29, 0.717) is 23.3 Å². The number of para-hydroxylation sites is 1. The van der Waals surface area contributed by atoms with E-state index in [4.69, 9.17) is 4.74 Å². The van der Waals surface area contributed by atoms with Gasteiger partial charge in [0.25, 0.3) is 11.5 Å². The van der Waals surface area contributed by atoms with Crippen LogP contribution in [-0.4, -0.2) is 27.5 Å². The van der Waals surface area contributed by atoms with Crippen molar-refractivity contribution in [1.82, 2.24) is 14.9 Å². The van der Waals surface area contributed by atoms with Crippen LogP contribution in [0.25, 0.3) is 10.9 Å². The second-order valence-corrected chi connectivity index (χ2v) is 7.24. The predicted octanol–water partition coefficient (Wildman–Crippen LogP) is 2.42. The van der Waals surface area contributed by atoms with E-state index in [1.807, 2.05) is 37.3 Å². The number of hydrogen-bond acceptors (Lipinski definition) is 5. The van der Waals surface area contributed by atoms with Gasteiger partial charge in [-0.3, -0.25) is 19.0 Å². The highest BCUT2D eigenvalue weighted by molar-refractivity contribution is 5.83. The standard InChI is InChI=1S/C23H25N3O4/c1-15-8-10-17(11-9-15)14-24-22(28)16(2)30-21(27)13-12-20-25-19-7-5-4-6-18(19)23(29)26(20)3/h4-11,16H,12-14H2,1-3H3,(H,24,28)/t16-/m0/s1. The predicted molar refractivity (Wildman–Crippen MR) is 114 cm³/mol. The highest BCUT2D eigenvalue weighted by Crippen LogP contribution is 2.09. The van der Waals surface area contributed by atoms with Gasteiger partial charge in [-0.1, -0.05) is 42.0 Å². The third-order valence-electron chi connectivity index (χ3n) is 4.89. The Morgan fingerprint density at radius 3 is 2.57 bits per heavy atom. The van der Waals surface area contributed by atoms with Crippen LogP contribution in [0.15, 0.2) is 53.3 Å². The Balaban J connectivity index is 1.53. The fourth-order valence-corrected chi connectivity index (χ4v) is 3.05. The fourth-order valence-electron chi connectivity index (χ4n) is 3.05. The molecule has 0 bridgehead atoms. The number of carbonyl (C=O) groups is 2. The van der Waals surface area contributed by atoms with Gasteiger partial charge in [0.05, 0.1) is 17.3 Å². The Kier molecular flexibility index (Phi) is 6.61. The second kappa shape index (κ2) is 9.35. The minimum Gasteiger partial charge on any atom is -0.453 e. The summed E-state index contributed by atoms with van der Waals surface area (Å²) in [6.45, 7) is 3.89. The van der Waals surface area contributed by atoms with Gasteiger partial charge in [0.15, 0.2) is 6.10 Å². The summed E-state index contributed by atoms with van der Waals surface area (Å²) < 4.78 is 6.67. The van der Waals surface area contributed by atoms with Crippen LogP contribution in [0, 0.1) is 6.92 Å². The number of benzene rings is 2. The van der Waals surface area contributed by atoms with Gasteiger partial charge < -0.3 is 10.1 Å². The van der Waals surface area contributed by atoms with E-state index in [9.17, 15) is 14.4 Å². The fraction of sp³-hybridized carbons (Fsp3) is 0.304. The molecule has 7 nitrogen and oxygen atoms in total. The molecule has 1 amide bonds. The molecule has 0 fully saturated rings. The summed E-state index contributed by atoms with van der Waals surface area (Å²) in [6.07, 6.45) is -0.641. The molecule has 156 valence electrons. The molecule has 30 heavy (non-hydrogen) atoms. The van der Waals surface area contributed by atoms with Crippen molar-refractivity contribution in [3.63, 3.8) is 0 Å². The number of rotatable bonds is 7. The maximum Gasteiger partial charge on any atom is 0.307 e. The zero-order chi connectivity index (χ0) is 21.7. The van der Waals surface area contributed by atoms with Crippen molar-refractivity contribution in [1.29, 1.82) is 0 Å². The Hall–Kier alpha value is -3.48. The van der Waals surface area contributed by atoms with Crippen molar-refractivity contribution in [3.05, 3.63) is 75.8 Å². The normalized spacial score (nSPS) is 11.8. The van der Waals surface area contributed by atoms with E-state index in [2.05, 4.69) is 10.3 Å². The van der Waals surface area contributed by atoms with E-state index in [1.165, 1.54) is 11.5 Å². The van der Waals surface area contributed by atoms with Crippen molar-refractivity contribution >= 4 is 22.8 Å². The van der Waals surface area contributed by atoms with E-state index < -0.39 is 12.1 Å². The molecule has 1 aromatic heterocycles. The van der Waals surface area contributed by atoms with Crippen LogP contribution in [0.4, 0.5) is 0 Å². The quantitative estimate of drug-likeness (QED) is 0.608. The number of nitrogens with zero attached hydrogens (tertiary/aromatic N) is 2. The number of amides is 1. The molecule has 7 heteroatoms. The lowest BCUT2D eigenvalue weighted by Gasteiger charge is -2.14. The number of carbonyl (C=O) groups excluding carboxylic acids is 2. The largest absolute Gasteiger partial charge is 0.453 e. The molecule has 3 aromatic rings. The average molecular weight is 407 g/mol. The van der Waals surface area contributed by atoms with Gasteiger partial charge >= 0.3 is 5.97 Å². The smallest absolute Gasteiger partial charge is 0.307 e. The monoisotopic (exact) mass is 407 g/mol. The summed E-state index contributed by atoms with van der Waals surface area (Å²) >= 11 is 0. The van der Waals surface area contributed by atoms with Gasteiger partial charge in [-0.05, 0) is 31.5 Å². The zero-order valence-corrected chi connectivity index (χ0v) is 17.3. The minimum atomic E-state index is -0.906. The number of esters is 1. The molecule has 0 aliphatic rings. The van der Waals surface area contributed by atoms with Crippen LogP contribution in [0.5, 0.6) is 0 Å². The van der Waals surface area contributed by atoms with Crippen LogP contribution in [-0.2, 0) is 34.3 Å². The molecule has 1 atom stereocenters. The number of nitrogens with one attached hydrogen (secondary N) is 1. The first-order valence-corrected chi connectivity index (χ1v) is 9.82. The summed E-state index contributed by atoms with van der Waals surface area (Å²) in [5.41, 5.74) is 2.54. The summed E-state index contributed by atoms with van der Waals surface area (Å²) in [4.78, 5) is 41.3. The molecule has 1 N–H and O–H groups in total. The summed E-state index contributed by atoms with van der Waals surface area (Å²) in [7, 11) is 1.63. The Labute approximate surface area is 174 Å². The maximum atomic E-state index is 12.4. The van der Waals surface area contributed by atoms with Crippen molar-refractivity contribution < 1.29 is 14.3 Å². The van der Waals surface area contributed by atoms with Crippen LogP contribution < -0.4 is 10.9 Å². The van der Waals surface area contributed by atoms with Gasteiger partial charge in [-0.2, -0.15) is 0 Å². The summed E-state index contributed by atoms with van der Waals surface area (Å²) in [5.74, 6) is -0.386. The molecule has 0 aliphatic carbocycles. The molecule has 0 aliphatic heterocycles. The molecule has 0 spiro atoms. The maximum absolute atomic E-state index is 12.4. The average Bonchev–Trinajstić information content (AvgIpc) is 2.74.